The minimum atomic E-state index is -0.147. The van der Waals surface area contributed by atoms with Gasteiger partial charge in [0.05, 0.1) is 6.54 Å². The average Bonchev–Trinajstić information content (AvgIpc) is 2.53. The van der Waals surface area contributed by atoms with E-state index >= 15 is 0 Å². The van der Waals surface area contributed by atoms with Gasteiger partial charge in [-0.05, 0) is 37.0 Å². The van der Waals surface area contributed by atoms with Crippen LogP contribution in [0.5, 0.6) is 0 Å². The number of benzene rings is 1. The molecule has 0 spiro atoms. The predicted molar refractivity (Wildman–Crippen MR) is 87.8 cm³/mol. The molecule has 2 amide bonds. The second-order valence-corrected chi connectivity index (χ2v) is 6.22. The van der Waals surface area contributed by atoms with Crippen LogP contribution in [-0.4, -0.2) is 24.9 Å². The summed E-state index contributed by atoms with van der Waals surface area (Å²) < 4.78 is 0. The molecule has 0 radical (unpaired) electrons. The molecule has 5 heteroatoms. The van der Waals surface area contributed by atoms with Gasteiger partial charge < -0.3 is 10.6 Å². The largest absolute Gasteiger partial charge is 0.354 e. The molecule has 1 saturated carbocycles. The van der Waals surface area contributed by atoms with Crippen LogP contribution in [0.4, 0.5) is 0 Å². The van der Waals surface area contributed by atoms with Crippen LogP contribution in [-0.2, 0) is 16.0 Å². The van der Waals surface area contributed by atoms with Crippen molar-refractivity contribution < 1.29 is 9.59 Å². The van der Waals surface area contributed by atoms with E-state index < -0.39 is 0 Å². The molecule has 120 valence electrons. The number of amides is 2. The van der Waals surface area contributed by atoms with Crippen LogP contribution in [0, 0.1) is 5.92 Å². The first-order chi connectivity index (χ1) is 10.6. The van der Waals surface area contributed by atoms with E-state index in [1.165, 1.54) is 6.42 Å². The normalized spacial score (nSPS) is 15.3. The molecule has 2 rings (SSSR count). The first-order valence-corrected chi connectivity index (χ1v) is 8.32. The lowest BCUT2D eigenvalue weighted by molar-refractivity contribution is -0.129. The maximum Gasteiger partial charge on any atom is 0.239 e. The Morgan fingerprint density at radius 1 is 1.14 bits per heavy atom. The van der Waals surface area contributed by atoms with E-state index in [0.717, 1.165) is 37.7 Å². The molecule has 4 nitrogen and oxygen atoms in total. The van der Waals surface area contributed by atoms with Gasteiger partial charge in [-0.2, -0.15) is 0 Å². The number of carbonyl (C=O) groups excluding carboxylic acids is 2. The van der Waals surface area contributed by atoms with Gasteiger partial charge in [0.2, 0.25) is 11.8 Å². The molecule has 22 heavy (non-hydrogen) atoms. The molecule has 0 bridgehead atoms. The van der Waals surface area contributed by atoms with E-state index in [1.807, 2.05) is 24.3 Å². The van der Waals surface area contributed by atoms with E-state index in [2.05, 4.69) is 10.6 Å². The number of nitrogens with one attached hydrogen (secondary N) is 2. The van der Waals surface area contributed by atoms with Crippen LogP contribution < -0.4 is 10.6 Å². The summed E-state index contributed by atoms with van der Waals surface area (Å²) in [6.45, 7) is 0.601. The first kappa shape index (κ1) is 16.8. The fourth-order valence-corrected chi connectivity index (χ4v) is 2.99. The summed E-state index contributed by atoms with van der Waals surface area (Å²) in [4.78, 5) is 23.7. The van der Waals surface area contributed by atoms with Crippen LogP contribution in [0.2, 0.25) is 5.02 Å². The Balaban J connectivity index is 1.62. The molecule has 0 aromatic heterocycles. The van der Waals surface area contributed by atoms with Crippen molar-refractivity contribution in [3.63, 3.8) is 0 Å². The first-order valence-electron chi connectivity index (χ1n) is 7.94. The van der Waals surface area contributed by atoms with Crippen molar-refractivity contribution in [3.8, 4) is 0 Å². The monoisotopic (exact) mass is 322 g/mol. The Kier molecular flexibility index (Phi) is 6.72. The number of carbonyl (C=O) groups is 2. The van der Waals surface area contributed by atoms with Gasteiger partial charge >= 0.3 is 0 Å². The van der Waals surface area contributed by atoms with Gasteiger partial charge in [0, 0.05) is 17.5 Å². The van der Waals surface area contributed by atoms with E-state index in [1.54, 1.807) is 0 Å². The number of rotatable bonds is 6. The number of hydrogen-bond acceptors (Lipinski definition) is 2. The highest BCUT2D eigenvalue weighted by Crippen LogP contribution is 2.23. The molecule has 0 saturated heterocycles. The molecule has 0 atom stereocenters. The molecule has 0 aliphatic heterocycles. The van der Waals surface area contributed by atoms with Gasteiger partial charge in [0.25, 0.3) is 0 Å². The summed E-state index contributed by atoms with van der Waals surface area (Å²) in [5.41, 5.74) is 1.08. The van der Waals surface area contributed by atoms with Gasteiger partial charge in [0.15, 0.2) is 0 Å². The van der Waals surface area contributed by atoms with Gasteiger partial charge in [-0.15, -0.1) is 0 Å². The fourth-order valence-electron chi connectivity index (χ4n) is 2.78. The molecular formula is C17H23ClN2O2. The second kappa shape index (κ2) is 8.79. The third-order valence-electron chi connectivity index (χ3n) is 4.02. The lowest BCUT2D eigenvalue weighted by Crippen LogP contribution is -2.40. The molecule has 1 fully saturated rings. The highest BCUT2D eigenvalue weighted by molar-refractivity contribution is 6.30. The number of hydrogen-bond donors (Lipinski definition) is 2. The minimum absolute atomic E-state index is 0.0182. The van der Waals surface area contributed by atoms with Crippen molar-refractivity contribution >= 4 is 23.4 Å². The van der Waals surface area contributed by atoms with Crippen LogP contribution in [0.25, 0.3) is 0 Å². The third-order valence-corrected chi connectivity index (χ3v) is 4.26. The van der Waals surface area contributed by atoms with Crippen molar-refractivity contribution in [2.45, 2.75) is 38.5 Å². The van der Waals surface area contributed by atoms with Crippen molar-refractivity contribution in [1.82, 2.24) is 10.6 Å². The Morgan fingerprint density at radius 2 is 1.91 bits per heavy atom. The molecule has 2 N–H and O–H groups in total. The average molecular weight is 323 g/mol. The Hall–Kier alpha value is -1.55. The summed E-state index contributed by atoms with van der Waals surface area (Å²) >= 11 is 5.91. The van der Waals surface area contributed by atoms with E-state index in [-0.39, 0.29) is 24.3 Å². The highest BCUT2D eigenvalue weighted by atomic mass is 35.5. The van der Waals surface area contributed by atoms with Crippen LogP contribution in [0.15, 0.2) is 24.3 Å². The summed E-state index contributed by atoms with van der Waals surface area (Å²) in [5, 5.41) is 6.25. The smallest absolute Gasteiger partial charge is 0.239 e. The Bertz CT molecular complexity index is 513. The van der Waals surface area contributed by atoms with Crippen LogP contribution >= 0.6 is 11.6 Å². The molecule has 0 unspecified atom stereocenters. The summed E-state index contributed by atoms with van der Waals surface area (Å²) in [6, 6.07) is 7.58. The van der Waals surface area contributed by atoms with Crippen molar-refractivity contribution in [2.75, 3.05) is 13.1 Å². The van der Waals surface area contributed by atoms with Crippen molar-refractivity contribution in [1.29, 1.82) is 0 Å². The standard InChI is InChI=1S/C17H23ClN2O2/c18-15-8-4-5-13(11-15)9-10-19-16(21)12-20-17(22)14-6-2-1-3-7-14/h4-5,8,11,14H,1-3,6-7,9-10,12H2,(H,19,21)(H,20,22). The molecule has 1 aromatic carbocycles. The zero-order valence-corrected chi connectivity index (χ0v) is 13.5. The zero-order valence-electron chi connectivity index (χ0n) is 12.7. The summed E-state index contributed by atoms with van der Waals surface area (Å²) in [5.74, 6) is -0.0381. The zero-order chi connectivity index (χ0) is 15.8. The fraction of sp³-hybridized carbons (Fsp3) is 0.529. The van der Waals surface area contributed by atoms with Gasteiger partial charge in [-0.1, -0.05) is 43.0 Å². The molecule has 0 heterocycles. The van der Waals surface area contributed by atoms with Crippen LogP contribution in [0.3, 0.4) is 0 Å². The van der Waals surface area contributed by atoms with E-state index in [9.17, 15) is 9.59 Å². The molecule has 1 aliphatic carbocycles. The second-order valence-electron chi connectivity index (χ2n) is 5.78. The SMILES string of the molecule is O=C(CNC(=O)C1CCCCC1)NCCc1cccc(Cl)c1. The Morgan fingerprint density at radius 3 is 2.64 bits per heavy atom. The topological polar surface area (TPSA) is 58.2 Å². The van der Waals surface area contributed by atoms with Gasteiger partial charge in [-0.25, -0.2) is 0 Å². The predicted octanol–water partition coefficient (Wildman–Crippen LogP) is 2.70. The lowest BCUT2D eigenvalue weighted by atomic mass is 9.89. The quantitative estimate of drug-likeness (QED) is 0.846. The van der Waals surface area contributed by atoms with Gasteiger partial charge in [-0.3, -0.25) is 9.59 Å². The maximum atomic E-state index is 11.9. The lowest BCUT2D eigenvalue weighted by Gasteiger charge is -2.20. The highest BCUT2D eigenvalue weighted by Gasteiger charge is 2.21. The maximum absolute atomic E-state index is 11.9. The van der Waals surface area contributed by atoms with Crippen molar-refractivity contribution in [2.24, 2.45) is 5.92 Å². The third kappa shape index (κ3) is 5.68. The van der Waals surface area contributed by atoms with Gasteiger partial charge in [0.1, 0.15) is 0 Å². The van der Waals surface area contributed by atoms with Crippen LogP contribution in [0.1, 0.15) is 37.7 Å². The summed E-state index contributed by atoms with van der Waals surface area (Å²) in [7, 11) is 0. The number of halogens is 1. The molecular weight excluding hydrogens is 300 g/mol. The summed E-state index contributed by atoms with van der Waals surface area (Å²) in [6.07, 6.45) is 6.06. The minimum Gasteiger partial charge on any atom is -0.354 e. The van der Waals surface area contributed by atoms with E-state index in [0.29, 0.717) is 11.6 Å². The Labute approximate surface area is 136 Å². The molecule has 1 aliphatic rings. The van der Waals surface area contributed by atoms with E-state index in [4.69, 9.17) is 11.6 Å². The molecule has 1 aromatic rings. The van der Waals surface area contributed by atoms with Crippen molar-refractivity contribution in [3.05, 3.63) is 34.9 Å².